The second kappa shape index (κ2) is 8.75. The van der Waals surface area contributed by atoms with E-state index in [2.05, 4.69) is 9.44 Å². The van der Waals surface area contributed by atoms with Gasteiger partial charge in [-0.05, 0) is 31.0 Å². The number of rotatable bonds is 10. The summed E-state index contributed by atoms with van der Waals surface area (Å²) in [5, 5.41) is 0.140. The summed E-state index contributed by atoms with van der Waals surface area (Å²) in [6, 6.07) is 4.32. The summed E-state index contributed by atoms with van der Waals surface area (Å²) in [4.78, 5) is 0. The van der Waals surface area contributed by atoms with Gasteiger partial charge in [-0.1, -0.05) is 38.3 Å². The summed E-state index contributed by atoms with van der Waals surface area (Å²) in [5.41, 5.74) is 0.543. The molecule has 0 aromatic heterocycles. The lowest BCUT2D eigenvalue weighted by molar-refractivity contribution is 0.596. The fourth-order valence-electron chi connectivity index (χ4n) is 1.78. The molecule has 132 valence electrons. The number of unbranched alkanes of at least 4 members (excludes halogenated alkanes) is 2. The Morgan fingerprint density at radius 1 is 0.913 bits per heavy atom. The van der Waals surface area contributed by atoms with E-state index in [9.17, 15) is 16.8 Å². The van der Waals surface area contributed by atoms with Crippen molar-refractivity contribution in [2.24, 2.45) is 0 Å². The van der Waals surface area contributed by atoms with Gasteiger partial charge >= 0.3 is 0 Å². The second-order valence-corrected chi connectivity index (χ2v) is 9.33. The largest absolute Gasteiger partial charge is 0.284 e. The van der Waals surface area contributed by atoms with Gasteiger partial charge in [0.25, 0.3) is 0 Å². The van der Waals surface area contributed by atoms with E-state index < -0.39 is 20.0 Å². The van der Waals surface area contributed by atoms with Crippen molar-refractivity contribution in [3.05, 3.63) is 23.2 Å². The van der Waals surface area contributed by atoms with Gasteiger partial charge in [0.1, 0.15) is 0 Å². The molecule has 0 bridgehead atoms. The third-order valence-electron chi connectivity index (χ3n) is 3.04. The second-order valence-electron chi connectivity index (χ2n) is 5.24. The molecule has 0 spiro atoms. The highest BCUT2D eigenvalue weighted by atomic mass is 35.5. The lowest BCUT2D eigenvalue weighted by Crippen LogP contribution is -2.18. The number of nitrogens with one attached hydrogen (secondary N) is 2. The van der Waals surface area contributed by atoms with Crippen LogP contribution in [0.1, 0.15) is 39.5 Å². The highest BCUT2D eigenvalue weighted by Crippen LogP contribution is 2.27. The zero-order chi connectivity index (χ0) is 17.5. The van der Waals surface area contributed by atoms with Crippen molar-refractivity contribution in [2.75, 3.05) is 20.9 Å². The highest BCUT2D eigenvalue weighted by Gasteiger charge is 2.14. The van der Waals surface area contributed by atoms with Crippen molar-refractivity contribution in [1.29, 1.82) is 0 Å². The van der Waals surface area contributed by atoms with E-state index in [0.29, 0.717) is 18.5 Å². The van der Waals surface area contributed by atoms with E-state index in [0.717, 1.165) is 12.8 Å². The third-order valence-corrected chi connectivity index (χ3v) is 6.08. The van der Waals surface area contributed by atoms with Gasteiger partial charge in [0.2, 0.25) is 20.0 Å². The van der Waals surface area contributed by atoms with E-state index in [-0.39, 0.29) is 22.2 Å². The van der Waals surface area contributed by atoms with Crippen LogP contribution in [-0.4, -0.2) is 28.3 Å². The minimum atomic E-state index is -3.45. The molecule has 0 aliphatic rings. The maximum Gasteiger partial charge on any atom is 0.232 e. The van der Waals surface area contributed by atoms with Crippen molar-refractivity contribution >= 4 is 43.0 Å². The first-order valence-electron chi connectivity index (χ1n) is 7.49. The zero-order valence-electron chi connectivity index (χ0n) is 13.3. The minimum Gasteiger partial charge on any atom is -0.284 e. The van der Waals surface area contributed by atoms with E-state index in [4.69, 9.17) is 11.6 Å². The Labute approximate surface area is 143 Å². The normalized spacial score (nSPS) is 12.1. The zero-order valence-corrected chi connectivity index (χ0v) is 15.7. The molecule has 0 aliphatic heterocycles. The summed E-state index contributed by atoms with van der Waals surface area (Å²) in [6.07, 6.45) is 2.67. The number of halogens is 1. The van der Waals surface area contributed by atoms with Crippen molar-refractivity contribution in [3.63, 3.8) is 0 Å². The lowest BCUT2D eigenvalue weighted by Gasteiger charge is -2.12. The van der Waals surface area contributed by atoms with Crippen molar-refractivity contribution in [3.8, 4) is 0 Å². The van der Waals surface area contributed by atoms with Crippen molar-refractivity contribution in [2.45, 2.75) is 39.5 Å². The monoisotopic (exact) mass is 382 g/mol. The van der Waals surface area contributed by atoms with Gasteiger partial charge in [-0.25, -0.2) is 16.8 Å². The SMILES string of the molecule is CCCCS(=O)(=O)Nc1ccc(NS(=O)(=O)CCCC)c(Cl)c1. The van der Waals surface area contributed by atoms with Crippen LogP contribution in [0.2, 0.25) is 5.02 Å². The first kappa shape index (κ1) is 20.1. The van der Waals surface area contributed by atoms with Gasteiger partial charge in [0.15, 0.2) is 0 Å². The molecule has 0 radical (unpaired) electrons. The summed E-state index contributed by atoms with van der Waals surface area (Å²) in [6.45, 7) is 3.81. The average molecular weight is 383 g/mol. The molecule has 1 rings (SSSR count). The Kier molecular flexibility index (Phi) is 7.63. The summed E-state index contributed by atoms with van der Waals surface area (Å²) >= 11 is 6.04. The van der Waals surface area contributed by atoms with Gasteiger partial charge in [0.05, 0.1) is 27.9 Å². The summed E-state index contributed by atoms with van der Waals surface area (Å²) < 4.78 is 52.2. The molecule has 9 heteroatoms. The third kappa shape index (κ3) is 7.41. The van der Waals surface area contributed by atoms with Crippen molar-refractivity contribution < 1.29 is 16.8 Å². The molecule has 0 atom stereocenters. The van der Waals surface area contributed by atoms with Crippen LogP contribution >= 0.6 is 11.6 Å². The van der Waals surface area contributed by atoms with Gasteiger partial charge in [0, 0.05) is 0 Å². The van der Waals surface area contributed by atoms with Crippen LogP contribution in [0.15, 0.2) is 18.2 Å². The van der Waals surface area contributed by atoms with Crippen LogP contribution in [0.4, 0.5) is 11.4 Å². The van der Waals surface area contributed by atoms with Gasteiger partial charge in [-0.2, -0.15) is 0 Å². The first-order chi connectivity index (χ1) is 10.7. The molecular formula is C14H23ClN2O4S2. The molecule has 23 heavy (non-hydrogen) atoms. The smallest absolute Gasteiger partial charge is 0.232 e. The highest BCUT2D eigenvalue weighted by molar-refractivity contribution is 7.93. The van der Waals surface area contributed by atoms with Crippen LogP contribution in [-0.2, 0) is 20.0 Å². The number of hydrogen-bond acceptors (Lipinski definition) is 4. The van der Waals surface area contributed by atoms with Crippen LogP contribution in [0.25, 0.3) is 0 Å². The molecule has 0 aliphatic carbocycles. The molecule has 0 amide bonds. The van der Waals surface area contributed by atoms with Crippen molar-refractivity contribution in [1.82, 2.24) is 0 Å². The van der Waals surface area contributed by atoms with Crippen LogP contribution in [0.5, 0.6) is 0 Å². The minimum absolute atomic E-state index is 0.0191. The van der Waals surface area contributed by atoms with E-state index >= 15 is 0 Å². The molecule has 0 saturated carbocycles. The summed E-state index contributed by atoms with van der Waals surface area (Å²) in [7, 11) is -6.87. The Morgan fingerprint density at radius 2 is 1.43 bits per heavy atom. The molecule has 2 N–H and O–H groups in total. The first-order valence-corrected chi connectivity index (χ1v) is 11.2. The van der Waals surface area contributed by atoms with E-state index in [1.54, 1.807) is 0 Å². The Morgan fingerprint density at radius 3 is 1.91 bits per heavy atom. The summed E-state index contributed by atoms with van der Waals surface area (Å²) in [5.74, 6) is 0.0533. The molecular weight excluding hydrogens is 360 g/mol. The quantitative estimate of drug-likeness (QED) is 0.648. The fraction of sp³-hybridized carbons (Fsp3) is 0.571. The maximum atomic E-state index is 11.9. The molecule has 0 fully saturated rings. The molecule has 1 aromatic rings. The predicted octanol–water partition coefficient (Wildman–Crippen LogP) is 3.42. The van der Waals surface area contributed by atoms with E-state index in [1.165, 1.54) is 18.2 Å². The lowest BCUT2D eigenvalue weighted by atomic mass is 10.3. The number of sulfonamides is 2. The standard InChI is InChI=1S/C14H23ClN2O4S2/c1-3-5-9-22(18,19)16-12-7-8-14(13(15)11-12)17-23(20,21)10-6-4-2/h7-8,11,16-17H,3-6,9-10H2,1-2H3. The number of benzene rings is 1. The maximum absolute atomic E-state index is 11.9. The molecule has 0 heterocycles. The Hall–Kier alpha value is -0.990. The van der Waals surface area contributed by atoms with Gasteiger partial charge in [-0.3, -0.25) is 9.44 Å². The van der Waals surface area contributed by atoms with E-state index in [1.807, 2.05) is 13.8 Å². The molecule has 0 saturated heterocycles. The number of hydrogen-bond donors (Lipinski definition) is 2. The Balaban J connectivity index is 2.82. The topological polar surface area (TPSA) is 92.3 Å². The molecule has 1 aromatic carbocycles. The van der Waals surface area contributed by atoms with Crippen LogP contribution in [0, 0.1) is 0 Å². The Bertz CT molecular complexity index is 718. The van der Waals surface area contributed by atoms with Crippen LogP contribution < -0.4 is 9.44 Å². The number of anilines is 2. The van der Waals surface area contributed by atoms with Gasteiger partial charge in [-0.15, -0.1) is 0 Å². The average Bonchev–Trinajstić information content (AvgIpc) is 2.45. The fourth-order valence-corrected chi connectivity index (χ4v) is 4.60. The predicted molar refractivity (Wildman–Crippen MR) is 96.1 cm³/mol. The molecule has 0 unspecified atom stereocenters. The van der Waals surface area contributed by atoms with Gasteiger partial charge < -0.3 is 0 Å². The van der Waals surface area contributed by atoms with Crippen LogP contribution in [0.3, 0.4) is 0 Å². The molecule has 6 nitrogen and oxygen atoms in total.